The fourth-order valence-corrected chi connectivity index (χ4v) is 4.76. The van der Waals surface area contributed by atoms with E-state index in [1.165, 1.54) is 21.0 Å². The van der Waals surface area contributed by atoms with Gasteiger partial charge >= 0.3 is 5.65 Å². The molecule has 1 aliphatic heterocycles. The smallest absolute Gasteiger partial charge is 0.330 e. The van der Waals surface area contributed by atoms with E-state index in [-0.39, 0.29) is 24.0 Å². The topological polar surface area (TPSA) is 20.0 Å². The molecule has 0 fully saturated rings. The summed E-state index contributed by atoms with van der Waals surface area (Å²) < 4.78 is 2.26. The number of thioether (sulfide) groups is 1. The van der Waals surface area contributed by atoms with Crippen molar-refractivity contribution in [2.75, 3.05) is 11.4 Å². The van der Waals surface area contributed by atoms with Gasteiger partial charge in [-0.05, 0) is 67.4 Å². The Bertz CT molecular complexity index is 1130. The van der Waals surface area contributed by atoms with E-state index in [1.54, 1.807) is 0 Å². The largest absolute Gasteiger partial charge is 1.00 e. The van der Waals surface area contributed by atoms with E-state index in [2.05, 4.69) is 102 Å². The van der Waals surface area contributed by atoms with E-state index >= 15 is 0 Å². The molecule has 3 heterocycles. The van der Waals surface area contributed by atoms with E-state index in [1.807, 2.05) is 18.7 Å². The second kappa shape index (κ2) is 10.3. The van der Waals surface area contributed by atoms with Crippen LogP contribution < -0.4 is 33.4 Å². The van der Waals surface area contributed by atoms with E-state index < -0.39 is 0 Å². The number of aromatic nitrogens is 2. The van der Waals surface area contributed by atoms with Gasteiger partial charge in [-0.2, -0.15) is 0 Å². The van der Waals surface area contributed by atoms with Crippen LogP contribution in [0.3, 0.4) is 0 Å². The molecule has 1 aliphatic rings. The number of fused-ring (bicyclic) bond motifs is 2. The van der Waals surface area contributed by atoms with Gasteiger partial charge in [0.1, 0.15) is 11.4 Å². The lowest BCUT2D eigenvalue weighted by Crippen LogP contribution is -3.00. The van der Waals surface area contributed by atoms with Crippen LogP contribution in [0.5, 0.6) is 0 Å². The third-order valence-corrected chi connectivity index (χ3v) is 6.17. The molecule has 0 N–H and O–H groups in total. The zero-order valence-corrected chi connectivity index (χ0v) is 20.5. The molecular weight excluding hydrogens is 501 g/mol. The van der Waals surface area contributed by atoms with Crippen LogP contribution in [0, 0.1) is 6.92 Å². The number of aryl methyl sites for hydroxylation is 2. The van der Waals surface area contributed by atoms with Gasteiger partial charge < -0.3 is 28.9 Å². The molecule has 1 aromatic carbocycles. The summed E-state index contributed by atoms with van der Waals surface area (Å²) >= 11 is 1.83. The third-order valence-electron chi connectivity index (χ3n) is 5.04. The summed E-state index contributed by atoms with van der Waals surface area (Å²) in [5.41, 5.74) is 4.55. The molecule has 0 spiro atoms. The van der Waals surface area contributed by atoms with Crippen LogP contribution in [0.15, 0.2) is 82.8 Å². The number of allylic oxidation sites excluding steroid dienone is 4. The van der Waals surface area contributed by atoms with Gasteiger partial charge in [0.2, 0.25) is 0 Å². The van der Waals surface area contributed by atoms with Crippen LogP contribution in [0.1, 0.15) is 25.2 Å². The Morgan fingerprint density at radius 1 is 1.00 bits per heavy atom. The predicted molar refractivity (Wildman–Crippen MR) is 124 cm³/mol. The number of hydrogen-bond donors (Lipinski definition) is 0. The van der Waals surface area contributed by atoms with Gasteiger partial charge in [-0.1, -0.05) is 42.1 Å². The predicted octanol–water partition coefficient (Wildman–Crippen LogP) is 2.90. The van der Waals surface area contributed by atoms with Gasteiger partial charge in [-0.25, -0.2) is 4.57 Å². The standard InChI is InChI=1S/C25H26N3S.HI/c1-4-27-21(18-17-20-16-15-19(3)26-25(20)27)11-7-6-8-14-24-28(5-2)22-12-9-10-13-23(22)29-24;/h6-18H,4-5H2,1-3H3;1H/q+1;/p-1. The highest BCUT2D eigenvalue weighted by molar-refractivity contribution is 8.03. The summed E-state index contributed by atoms with van der Waals surface area (Å²) in [6.45, 7) is 8.26. The van der Waals surface area contributed by atoms with Crippen LogP contribution in [-0.4, -0.2) is 11.5 Å². The van der Waals surface area contributed by atoms with Crippen LogP contribution in [0.4, 0.5) is 5.69 Å². The maximum absolute atomic E-state index is 4.73. The van der Waals surface area contributed by atoms with E-state index in [4.69, 9.17) is 4.98 Å². The summed E-state index contributed by atoms with van der Waals surface area (Å²) in [6.07, 6.45) is 10.7. The molecule has 4 rings (SSSR count). The highest BCUT2D eigenvalue weighted by Gasteiger charge is 2.22. The van der Waals surface area contributed by atoms with Crippen LogP contribution in [-0.2, 0) is 6.54 Å². The number of para-hydroxylation sites is 1. The Labute approximate surface area is 200 Å². The summed E-state index contributed by atoms with van der Waals surface area (Å²) in [4.78, 5) is 8.42. The molecule has 0 atom stereocenters. The van der Waals surface area contributed by atoms with E-state index in [0.29, 0.717) is 0 Å². The average molecular weight is 527 g/mol. The quantitative estimate of drug-likeness (QED) is 0.289. The average Bonchev–Trinajstić information content (AvgIpc) is 3.10. The second-order valence-corrected chi connectivity index (χ2v) is 7.99. The minimum Gasteiger partial charge on any atom is -1.00 e. The highest BCUT2D eigenvalue weighted by atomic mass is 127. The SMILES string of the molecule is CCN1C(=CC=CC=Cc2ccc3ccc(C)nc3[n+]2CC)Sc2ccccc21.[I-]. The first kappa shape index (κ1) is 22.6. The van der Waals surface area contributed by atoms with Crippen molar-refractivity contribution in [1.82, 2.24) is 4.98 Å². The van der Waals surface area contributed by atoms with Gasteiger partial charge in [-0.3, -0.25) is 0 Å². The van der Waals surface area contributed by atoms with Crippen molar-refractivity contribution in [1.29, 1.82) is 0 Å². The maximum Gasteiger partial charge on any atom is 0.330 e. The van der Waals surface area contributed by atoms with Crippen LogP contribution in [0.2, 0.25) is 0 Å². The Hall–Kier alpha value is -2.12. The number of pyridine rings is 2. The molecule has 0 amide bonds. The molecular formula is C25H26IN3S. The van der Waals surface area contributed by atoms with Crippen LogP contribution >= 0.6 is 11.8 Å². The molecule has 30 heavy (non-hydrogen) atoms. The maximum atomic E-state index is 4.73. The molecule has 3 nitrogen and oxygen atoms in total. The highest BCUT2D eigenvalue weighted by Crippen LogP contribution is 2.45. The fraction of sp³-hybridized carbons (Fsp3) is 0.200. The normalized spacial score (nSPS) is 14.8. The van der Waals surface area contributed by atoms with E-state index in [9.17, 15) is 0 Å². The number of rotatable bonds is 5. The van der Waals surface area contributed by atoms with Crippen molar-refractivity contribution < 1.29 is 28.5 Å². The molecule has 2 aromatic heterocycles. The Balaban J connectivity index is 0.00000256. The zero-order valence-electron chi connectivity index (χ0n) is 17.5. The zero-order chi connectivity index (χ0) is 20.2. The minimum absolute atomic E-state index is 0. The minimum atomic E-state index is 0. The molecule has 154 valence electrons. The number of nitrogens with zero attached hydrogens (tertiary/aromatic N) is 3. The Morgan fingerprint density at radius 2 is 1.80 bits per heavy atom. The summed E-state index contributed by atoms with van der Waals surface area (Å²) in [6, 6.07) is 17.1. The molecule has 0 saturated carbocycles. The first-order valence-corrected chi connectivity index (χ1v) is 10.9. The Morgan fingerprint density at radius 3 is 2.60 bits per heavy atom. The number of anilines is 1. The van der Waals surface area contributed by atoms with Gasteiger partial charge in [0, 0.05) is 18.4 Å². The van der Waals surface area contributed by atoms with E-state index in [0.717, 1.165) is 30.1 Å². The number of hydrogen-bond acceptors (Lipinski definition) is 3. The summed E-state index contributed by atoms with van der Waals surface area (Å²) in [7, 11) is 0. The molecule has 0 bridgehead atoms. The summed E-state index contributed by atoms with van der Waals surface area (Å²) in [5, 5.41) is 2.44. The third kappa shape index (κ3) is 4.62. The van der Waals surface area contributed by atoms with Gasteiger partial charge in [0.05, 0.1) is 22.6 Å². The van der Waals surface area contributed by atoms with Crippen molar-refractivity contribution in [3.63, 3.8) is 0 Å². The molecule has 0 radical (unpaired) electrons. The first-order valence-electron chi connectivity index (χ1n) is 10.1. The number of halogens is 1. The lowest BCUT2D eigenvalue weighted by molar-refractivity contribution is -0.671. The fourth-order valence-electron chi connectivity index (χ4n) is 3.62. The molecule has 3 aromatic rings. The molecule has 0 aliphatic carbocycles. The molecule has 0 saturated heterocycles. The number of benzene rings is 1. The monoisotopic (exact) mass is 527 g/mol. The van der Waals surface area contributed by atoms with Gasteiger partial charge in [-0.15, -0.1) is 0 Å². The lowest BCUT2D eigenvalue weighted by atomic mass is 10.2. The second-order valence-electron chi connectivity index (χ2n) is 6.93. The first-order chi connectivity index (χ1) is 14.2. The van der Waals surface area contributed by atoms with Crippen molar-refractivity contribution in [2.45, 2.75) is 32.2 Å². The van der Waals surface area contributed by atoms with Crippen LogP contribution in [0.25, 0.3) is 17.1 Å². The van der Waals surface area contributed by atoms with Gasteiger partial charge in [0.15, 0.2) is 0 Å². The van der Waals surface area contributed by atoms with Gasteiger partial charge in [0.25, 0.3) is 0 Å². The van der Waals surface area contributed by atoms with Crippen molar-refractivity contribution in [3.8, 4) is 0 Å². The molecule has 5 heteroatoms. The van der Waals surface area contributed by atoms with Crippen molar-refractivity contribution in [2.24, 2.45) is 0 Å². The van der Waals surface area contributed by atoms with Crippen molar-refractivity contribution >= 4 is 34.6 Å². The summed E-state index contributed by atoms with van der Waals surface area (Å²) in [5.74, 6) is 0. The molecule has 0 unspecified atom stereocenters. The van der Waals surface area contributed by atoms with Crippen molar-refractivity contribution in [3.05, 3.63) is 89.3 Å². The Kier molecular flexibility index (Phi) is 7.72. The lowest BCUT2D eigenvalue weighted by Gasteiger charge is -2.17.